The summed E-state index contributed by atoms with van der Waals surface area (Å²) < 4.78 is 11.4. The van der Waals surface area contributed by atoms with Crippen LogP contribution in [0.4, 0.5) is 5.69 Å². The monoisotopic (exact) mass is 404 g/mol. The molecule has 0 aliphatic heterocycles. The quantitative estimate of drug-likeness (QED) is 0.560. The Balaban J connectivity index is 1.60. The fourth-order valence-corrected chi connectivity index (χ4v) is 3.06. The molecular formula is C25H28N2O3. The number of para-hydroxylation sites is 1. The molecule has 0 aliphatic carbocycles. The van der Waals surface area contributed by atoms with Gasteiger partial charge < -0.3 is 14.8 Å². The first-order chi connectivity index (χ1) is 14.6. The Morgan fingerprint density at radius 1 is 0.933 bits per heavy atom. The molecule has 0 bridgehead atoms. The van der Waals surface area contributed by atoms with Gasteiger partial charge >= 0.3 is 0 Å². The molecule has 0 fully saturated rings. The van der Waals surface area contributed by atoms with E-state index in [0.717, 1.165) is 16.8 Å². The van der Waals surface area contributed by atoms with Gasteiger partial charge in [-0.15, -0.1) is 0 Å². The largest absolute Gasteiger partial charge is 0.493 e. The molecule has 3 aromatic rings. The summed E-state index contributed by atoms with van der Waals surface area (Å²) in [5.74, 6) is 1.33. The highest BCUT2D eigenvalue weighted by Gasteiger charge is 2.19. The lowest BCUT2D eigenvalue weighted by molar-refractivity contribution is -0.120. The number of carbonyl (C=O) groups is 1. The molecule has 0 radical (unpaired) electrons. The van der Waals surface area contributed by atoms with Crippen LogP contribution in [-0.4, -0.2) is 31.0 Å². The topological polar surface area (TPSA) is 50.8 Å². The summed E-state index contributed by atoms with van der Waals surface area (Å²) >= 11 is 0. The molecule has 3 aromatic carbocycles. The summed E-state index contributed by atoms with van der Waals surface area (Å²) in [6.07, 6.45) is 0. The van der Waals surface area contributed by atoms with Crippen LogP contribution in [0.15, 0.2) is 78.9 Å². The van der Waals surface area contributed by atoms with Crippen LogP contribution in [0.1, 0.15) is 18.1 Å². The highest BCUT2D eigenvalue weighted by atomic mass is 16.5. The van der Waals surface area contributed by atoms with E-state index in [-0.39, 0.29) is 11.9 Å². The number of ether oxygens (including phenoxy) is 2. The Morgan fingerprint density at radius 3 is 2.27 bits per heavy atom. The third-order valence-electron chi connectivity index (χ3n) is 4.98. The van der Waals surface area contributed by atoms with Gasteiger partial charge in [-0.25, -0.2) is 0 Å². The zero-order valence-electron chi connectivity index (χ0n) is 17.7. The average Bonchev–Trinajstić information content (AvgIpc) is 2.78. The highest BCUT2D eigenvalue weighted by Crippen LogP contribution is 2.29. The molecule has 0 spiro atoms. The molecule has 0 aliphatic rings. The number of anilines is 1. The summed E-state index contributed by atoms with van der Waals surface area (Å²) in [6.45, 7) is 2.98. The van der Waals surface area contributed by atoms with Crippen molar-refractivity contribution in [1.29, 1.82) is 0 Å². The molecule has 1 atom stereocenters. The maximum Gasteiger partial charge on any atom is 0.241 e. The number of carbonyl (C=O) groups excluding carboxylic acids is 1. The number of hydrogen-bond donors (Lipinski definition) is 1. The van der Waals surface area contributed by atoms with Crippen LogP contribution < -0.4 is 14.8 Å². The second-order valence-electron chi connectivity index (χ2n) is 7.21. The van der Waals surface area contributed by atoms with Gasteiger partial charge in [0.1, 0.15) is 6.61 Å². The maximum atomic E-state index is 12.5. The van der Waals surface area contributed by atoms with Gasteiger partial charge in [0.15, 0.2) is 11.5 Å². The van der Waals surface area contributed by atoms with Gasteiger partial charge in [0.25, 0.3) is 0 Å². The van der Waals surface area contributed by atoms with Gasteiger partial charge in [0, 0.05) is 12.2 Å². The second-order valence-corrected chi connectivity index (χ2v) is 7.21. The van der Waals surface area contributed by atoms with Gasteiger partial charge in [-0.2, -0.15) is 0 Å². The predicted molar refractivity (Wildman–Crippen MR) is 120 cm³/mol. The SMILES string of the molecule is COc1cc(CN(C)C(C)C(=O)Nc2ccccc2)ccc1OCc1ccccc1. The Morgan fingerprint density at radius 2 is 1.60 bits per heavy atom. The highest BCUT2D eigenvalue weighted by molar-refractivity contribution is 5.94. The van der Waals surface area contributed by atoms with Crippen LogP contribution in [0.3, 0.4) is 0 Å². The molecule has 0 heterocycles. The van der Waals surface area contributed by atoms with E-state index < -0.39 is 0 Å². The molecule has 0 aromatic heterocycles. The predicted octanol–water partition coefficient (Wildman–Crippen LogP) is 4.73. The second kappa shape index (κ2) is 10.5. The van der Waals surface area contributed by atoms with E-state index in [4.69, 9.17) is 9.47 Å². The Bertz CT molecular complexity index is 945. The molecule has 30 heavy (non-hydrogen) atoms. The summed E-state index contributed by atoms with van der Waals surface area (Å²) in [6, 6.07) is 25.1. The molecule has 3 rings (SSSR count). The minimum Gasteiger partial charge on any atom is -0.493 e. The molecule has 1 N–H and O–H groups in total. The van der Waals surface area contributed by atoms with E-state index in [1.807, 2.05) is 97.7 Å². The van der Waals surface area contributed by atoms with E-state index in [0.29, 0.717) is 24.7 Å². The van der Waals surface area contributed by atoms with Gasteiger partial charge in [0.05, 0.1) is 13.2 Å². The maximum absolute atomic E-state index is 12.5. The van der Waals surface area contributed by atoms with Gasteiger partial charge in [0.2, 0.25) is 5.91 Å². The van der Waals surface area contributed by atoms with E-state index in [1.165, 1.54) is 0 Å². The minimum absolute atomic E-state index is 0.0431. The summed E-state index contributed by atoms with van der Waals surface area (Å²) in [4.78, 5) is 14.5. The van der Waals surface area contributed by atoms with Crippen molar-refractivity contribution in [3.8, 4) is 11.5 Å². The molecule has 1 amide bonds. The number of hydrogen-bond acceptors (Lipinski definition) is 4. The minimum atomic E-state index is -0.287. The van der Waals surface area contributed by atoms with E-state index in [2.05, 4.69) is 5.32 Å². The van der Waals surface area contributed by atoms with Crippen molar-refractivity contribution in [2.45, 2.75) is 26.1 Å². The Hall–Kier alpha value is -3.31. The van der Waals surface area contributed by atoms with Crippen LogP contribution >= 0.6 is 0 Å². The van der Waals surface area contributed by atoms with E-state index in [1.54, 1.807) is 7.11 Å². The lowest BCUT2D eigenvalue weighted by Crippen LogP contribution is -2.39. The van der Waals surface area contributed by atoms with Crippen LogP contribution in [0.5, 0.6) is 11.5 Å². The lowest BCUT2D eigenvalue weighted by Gasteiger charge is -2.24. The number of benzene rings is 3. The third kappa shape index (κ3) is 5.84. The lowest BCUT2D eigenvalue weighted by atomic mass is 10.1. The van der Waals surface area contributed by atoms with Gasteiger partial charge in [-0.05, 0) is 49.4 Å². The number of amides is 1. The normalized spacial score (nSPS) is 11.7. The summed E-state index contributed by atoms with van der Waals surface area (Å²) in [5, 5.41) is 2.95. The van der Waals surface area contributed by atoms with Crippen LogP contribution in [0, 0.1) is 0 Å². The molecule has 0 saturated heterocycles. The number of rotatable bonds is 9. The fourth-order valence-electron chi connectivity index (χ4n) is 3.06. The number of nitrogens with one attached hydrogen (secondary N) is 1. The summed E-state index contributed by atoms with van der Waals surface area (Å²) in [7, 11) is 3.57. The number of nitrogens with zero attached hydrogens (tertiary/aromatic N) is 1. The molecular weight excluding hydrogens is 376 g/mol. The van der Waals surface area contributed by atoms with Gasteiger partial charge in [-0.3, -0.25) is 9.69 Å². The van der Waals surface area contributed by atoms with Gasteiger partial charge in [-0.1, -0.05) is 54.6 Å². The van der Waals surface area contributed by atoms with Crippen LogP contribution in [-0.2, 0) is 17.9 Å². The smallest absolute Gasteiger partial charge is 0.241 e. The fraction of sp³-hybridized carbons (Fsp3) is 0.240. The van der Waals surface area contributed by atoms with Crippen molar-refractivity contribution in [2.24, 2.45) is 0 Å². The van der Waals surface area contributed by atoms with E-state index >= 15 is 0 Å². The summed E-state index contributed by atoms with van der Waals surface area (Å²) in [5.41, 5.74) is 2.94. The number of likely N-dealkylation sites (N-methyl/N-ethyl adjacent to an activating group) is 1. The number of methoxy groups -OCH3 is 1. The first-order valence-corrected chi connectivity index (χ1v) is 9.96. The molecule has 156 valence electrons. The van der Waals surface area contributed by atoms with Crippen LogP contribution in [0.2, 0.25) is 0 Å². The van der Waals surface area contributed by atoms with E-state index in [9.17, 15) is 4.79 Å². The third-order valence-corrected chi connectivity index (χ3v) is 4.98. The van der Waals surface area contributed by atoms with Crippen molar-refractivity contribution >= 4 is 11.6 Å². The molecule has 5 nitrogen and oxygen atoms in total. The van der Waals surface area contributed by atoms with Crippen molar-refractivity contribution in [3.05, 3.63) is 90.0 Å². The van der Waals surface area contributed by atoms with Crippen LogP contribution in [0.25, 0.3) is 0 Å². The first kappa shape index (κ1) is 21.4. The standard InChI is InChI=1S/C25H28N2O3/c1-19(25(28)26-22-12-8-5-9-13-22)27(2)17-21-14-15-23(24(16-21)29-3)30-18-20-10-6-4-7-11-20/h4-16,19H,17-18H2,1-3H3,(H,26,28). The van der Waals surface area contributed by atoms with Crippen molar-refractivity contribution < 1.29 is 14.3 Å². The zero-order chi connectivity index (χ0) is 21.3. The Kier molecular flexibility index (Phi) is 7.46. The average molecular weight is 405 g/mol. The van der Waals surface area contributed by atoms with Crippen molar-refractivity contribution in [2.75, 3.05) is 19.5 Å². The first-order valence-electron chi connectivity index (χ1n) is 9.96. The molecule has 5 heteroatoms. The van der Waals surface area contributed by atoms with Crippen molar-refractivity contribution in [1.82, 2.24) is 4.90 Å². The molecule has 1 unspecified atom stereocenters. The Labute approximate surface area is 178 Å². The van der Waals surface area contributed by atoms with Crippen molar-refractivity contribution in [3.63, 3.8) is 0 Å². The molecule has 0 saturated carbocycles. The zero-order valence-corrected chi connectivity index (χ0v) is 17.7.